The number of hydrogen-bond acceptors (Lipinski definition) is 8. The minimum absolute atomic E-state index is 0.000739. The van der Waals surface area contributed by atoms with Crippen molar-refractivity contribution in [2.24, 2.45) is 17.8 Å². The van der Waals surface area contributed by atoms with E-state index in [2.05, 4.69) is 25.5 Å². The van der Waals surface area contributed by atoms with Crippen molar-refractivity contribution in [1.82, 2.24) is 14.9 Å². The van der Waals surface area contributed by atoms with Crippen LogP contribution in [0.15, 0.2) is 48.8 Å². The third-order valence-corrected chi connectivity index (χ3v) is 8.26. The number of carbonyl (C=O) groups excluding carboxylic acids is 1. The molecule has 3 aliphatic rings. The molecule has 6 rings (SSSR count). The number of amides is 1. The van der Waals surface area contributed by atoms with Gasteiger partial charge in [-0.05, 0) is 42.5 Å². The number of aromatic nitrogens is 2. The van der Waals surface area contributed by atoms with E-state index < -0.39 is 5.82 Å². The molecule has 1 aliphatic carbocycles. The number of nitrogens with zero attached hydrogens (tertiary/aromatic N) is 3. The summed E-state index contributed by atoms with van der Waals surface area (Å²) in [5.41, 5.74) is 1.72. The van der Waals surface area contributed by atoms with Gasteiger partial charge >= 0.3 is 0 Å². The van der Waals surface area contributed by atoms with Crippen LogP contribution in [0.2, 0.25) is 5.02 Å². The van der Waals surface area contributed by atoms with Gasteiger partial charge in [0.15, 0.2) is 0 Å². The largest absolute Gasteiger partial charge is 0.491 e. The average molecular weight is 568 g/mol. The normalized spacial score (nSPS) is 23.7. The lowest BCUT2D eigenvalue weighted by Gasteiger charge is -2.39. The highest BCUT2D eigenvalue weighted by molar-refractivity contribution is 6.31. The van der Waals surface area contributed by atoms with E-state index in [1.807, 2.05) is 12.1 Å². The number of fused-ring (bicyclic) bond motifs is 2. The summed E-state index contributed by atoms with van der Waals surface area (Å²) >= 11 is 5.96. The Morgan fingerprint density at radius 1 is 1.23 bits per heavy atom. The van der Waals surface area contributed by atoms with E-state index in [4.69, 9.17) is 25.8 Å². The fourth-order valence-electron chi connectivity index (χ4n) is 5.49. The molecule has 2 N–H and O–H groups in total. The van der Waals surface area contributed by atoms with Crippen LogP contribution in [0.5, 0.6) is 5.75 Å². The lowest BCUT2D eigenvalue weighted by Crippen LogP contribution is -2.50. The standard InChI is InChI=1S/C29H31ClFN5O4/c1-38-12-18-6-8-36(18)7-2-3-28(37)35-26-10-19-25(11-27(26)40-15-22-20-13-39-14-21(20)22)32-16-33-29(19)34-17-4-5-24(31)23(30)9-17/h2-5,9-11,16,18,20-22H,6-8,12-15H2,1H3,(H,35,37)(H,32,33,34)/b3-2+/t18-,20?,21?,22?/m1/s1. The minimum atomic E-state index is -0.505. The number of rotatable bonds is 11. The van der Waals surface area contributed by atoms with E-state index in [9.17, 15) is 9.18 Å². The molecule has 2 aliphatic heterocycles. The summed E-state index contributed by atoms with van der Waals surface area (Å²) in [5, 5.41) is 6.82. The number of carbonyl (C=O) groups is 1. The van der Waals surface area contributed by atoms with Crippen LogP contribution in [0.4, 0.5) is 21.6 Å². The number of ether oxygens (including phenoxy) is 3. The molecule has 0 bridgehead atoms. The second-order valence-electron chi connectivity index (χ2n) is 10.5. The van der Waals surface area contributed by atoms with E-state index in [0.717, 1.165) is 26.2 Å². The SMILES string of the molecule is COC[C@H]1CCN1C/C=C/C(=O)Nc1cc2c(Nc3ccc(F)c(Cl)c3)ncnc2cc1OCC1C2COCC21. The maximum atomic E-state index is 13.7. The Hall–Kier alpha value is -3.31. The summed E-state index contributed by atoms with van der Waals surface area (Å²) in [5.74, 6) is 1.81. The molecular weight excluding hydrogens is 537 g/mol. The Morgan fingerprint density at radius 3 is 2.83 bits per heavy atom. The molecule has 1 amide bonds. The summed E-state index contributed by atoms with van der Waals surface area (Å²) in [4.78, 5) is 24.0. The Morgan fingerprint density at radius 2 is 2.08 bits per heavy atom. The van der Waals surface area contributed by atoms with Gasteiger partial charge in [-0.1, -0.05) is 17.7 Å². The van der Waals surface area contributed by atoms with Crippen LogP contribution >= 0.6 is 11.6 Å². The van der Waals surface area contributed by atoms with Crippen LogP contribution in [-0.2, 0) is 14.3 Å². The van der Waals surface area contributed by atoms with Crippen molar-refractivity contribution >= 4 is 45.6 Å². The third kappa shape index (κ3) is 5.76. The number of hydrogen-bond donors (Lipinski definition) is 2. The van der Waals surface area contributed by atoms with Crippen molar-refractivity contribution in [1.29, 1.82) is 0 Å². The van der Waals surface area contributed by atoms with Crippen LogP contribution in [0.3, 0.4) is 0 Å². The monoisotopic (exact) mass is 567 g/mol. The van der Waals surface area contributed by atoms with Gasteiger partial charge in [-0.15, -0.1) is 0 Å². The summed E-state index contributed by atoms with van der Waals surface area (Å²) in [7, 11) is 1.70. The fourth-order valence-corrected chi connectivity index (χ4v) is 5.67. The molecule has 3 aromatic rings. The average Bonchev–Trinajstić information content (AvgIpc) is 3.35. The van der Waals surface area contributed by atoms with Gasteiger partial charge in [0.05, 0.1) is 42.7 Å². The van der Waals surface area contributed by atoms with Crippen molar-refractivity contribution in [2.75, 3.05) is 57.3 Å². The first-order valence-corrected chi connectivity index (χ1v) is 13.8. The van der Waals surface area contributed by atoms with E-state index >= 15 is 0 Å². The minimum Gasteiger partial charge on any atom is -0.491 e. The zero-order chi connectivity index (χ0) is 27.6. The van der Waals surface area contributed by atoms with Crippen LogP contribution in [0.1, 0.15) is 6.42 Å². The van der Waals surface area contributed by atoms with Crippen molar-refractivity contribution < 1.29 is 23.4 Å². The van der Waals surface area contributed by atoms with Gasteiger partial charge in [-0.2, -0.15) is 0 Å². The predicted molar refractivity (Wildman–Crippen MR) is 151 cm³/mol. The summed E-state index contributed by atoms with van der Waals surface area (Å²) in [6.45, 7) is 4.47. The molecule has 2 unspecified atom stereocenters. The molecule has 1 aromatic heterocycles. The highest BCUT2D eigenvalue weighted by Crippen LogP contribution is 2.51. The summed E-state index contributed by atoms with van der Waals surface area (Å²) in [6, 6.07) is 8.35. The predicted octanol–water partition coefficient (Wildman–Crippen LogP) is 4.65. The smallest absolute Gasteiger partial charge is 0.248 e. The molecule has 3 fully saturated rings. The van der Waals surface area contributed by atoms with Gasteiger partial charge in [-0.3, -0.25) is 9.69 Å². The molecule has 9 nitrogen and oxygen atoms in total. The van der Waals surface area contributed by atoms with Gasteiger partial charge in [0.25, 0.3) is 0 Å². The zero-order valence-electron chi connectivity index (χ0n) is 22.1. The second kappa shape index (κ2) is 11.7. The molecule has 1 saturated carbocycles. The van der Waals surface area contributed by atoms with Crippen molar-refractivity contribution in [3.63, 3.8) is 0 Å². The molecular formula is C29H31ClFN5O4. The van der Waals surface area contributed by atoms with E-state index in [1.54, 1.807) is 25.3 Å². The Kier molecular flexibility index (Phi) is 7.84. The molecule has 210 valence electrons. The van der Waals surface area contributed by atoms with Gasteiger partial charge in [0, 0.05) is 55.4 Å². The number of halogens is 2. The molecule has 3 atom stereocenters. The molecule has 2 saturated heterocycles. The maximum absolute atomic E-state index is 13.7. The van der Waals surface area contributed by atoms with Gasteiger partial charge in [-0.25, -0.2) is 14.4 Å². The highest BCUT2D eigenvalue weighted by Gasteiger charge is 2.54. The molecule has 2 aromatic carbocycles. The van der Waals surface area contributed by atoms with Crippen LogP contribution in [0, 0.1) is 23.6 Å². The number of likely N-dealkylation sites (tertiary alicyclic amines) is 1. The van der Waals surface area contributed by atoms with Crippen LogP contribution in [0.25, 0.3) is 10.9 Å². The highest BCUT2D eigenvalue weighted by atomic mass is 35.5. The van der Waals surface area contributed by atoms with Crippen molar-refractivity contribution in [3.05, 3.63) is 59.7 Å². The lowest BCUT2D eigenvalue weighted by molar-refractivity contribution is -0.112. The topological polar surface area (TPSA) is 97.8 Å². The first kappa shape index (κ1) is 26.9. The fraction of sp³-hybridized carbons (Fsp3) is 0.414. The second-order valence-corrected chi connectivity index (χ2v) is 10.9. The number of benzene rings is 2. The lowest BCUT2D eigenvalue weighted by atomic mass is 10.0. The molecule has 11 heteroatoms. The summed E-state index contributed by atoms with van der Waals surface area (Å²) < 4.78 is 30.7. The van der Waals surface area contributed by atoms with E-state index in [0.29, 0.717) is 77.4 Å². The number of methoxy groups -OCH3 is 1. The van der Waals surface area contributed by atoms with Gasteiger partial charge < -0.3 is 24.8 Å². The Bertz CT molecular complexity index is 1430. The van der Waals surface area contributed by atoms with Gasteiger partial charge in [0.2, 0.25) is 5.91 Å². The van der Waals surface area contributed by atoms with Crippen molar-refractivity contribution in [3.8, 4) is 5.75 Å². The molecule has 0 radical (unpaired) electrons. The van der Waals surface area contributed by atoms with E-state index in [-0.39, 0.29) is 10.9 Å². The molecule has 40 heavy (non-hydrogen) atoms. The van der Waals surface area contributed by atoms with Gasteiger partial charge in [0.1, 0.15) is 23.7 Å². The Balaban J connectivity index is 1.22. The number of nitrogens with one attached hydrogen (secondary N) is 2. The van der Waals surface area contributed by atoms with Crippen molar-refractivity contribution in [2.45, 2.75) is 12.5 Å². The quantitative estimate of drug-likeness (QED) is 0.323. The van der Waals surface area contributed by atoms with Crippen LogP contribution < -0.4 is 15.4 Å². The Labute approximate surface area is 236 Å². The first-order chi connectivity index (χ1) is 19.5. The summed E-state index contributed by atoms with van der Waals surface area (Å²) in [6.07, 6.45) is 5.94. The number of anilines is 3. The first-order valence-electron chi connectivity index (χ1n) is 13.4. The molecule has 0 spiro atoms. The van der Waals surface area contributed by atoms with Crippen LogP contribution in [-0.4, -0.2) is 73.4 Å². The molecule has 3 heterocycles. The maximum Gasteiger partial charge on any atom is 0.248 e. The van der Waals surface area contributed by atoms with E-state index in [1.165, 1.54) is 18.5 Å². The third-order valence-electron chi connectivity index (χ3n) is 7.97. The zero-order valence-corrected chi connectivity index (χ0v) is 22.9.